The second-order valence-corrected chi connectivity index (χ2v) is 12.0. The molecule has 2 saturated carbocycles. The lowest BCUT2D eigenvalue weighted by Gasteiger charge is -2.22. The van der Waals surface area contributed by atoms with Crippen molar-refractivity contribution in [3.63, 3.8) is 0 Å². The third-order valence-corrected chi connectivity index (χ3v) is 8.66. The van der Waals surface area contributed by atoms with Crippen molar-refractivity contribution in [2.24, 2.45) is 0 Å². The Labute approximate surface area is 199 Å². The van der Waals surface area contributed by atoms with Crippen LogP contribution in [-0.4, -0.2) is 44.4 Å². The fourth-order valence-electron chi connectivity index (χ4n) is 3.85. The number of nitrogens with zero attached hydrogens (tertiary/aromatic N) is 5. The maximum absolute atomic E-state index is 13.2. The molecule has 0 radical (unpaired) electrons. The highest BCUT2D eigenvalue weighted by atomic mass is 32.2. The zero-order valence-electron chi connectivity index (χ0n) is 19.3. The standard InChI is InChI=1S/C25H27N5O3S/c1-25(2,22-9-10-27-24(30-22)15-34(32,33)19-7-8-19)23(31)11-18-6-5-17(12-28-18)21-14-26-13-20(29-21)16-3-4-16/h5-6,9-10,12-14,16,19H,3-4,7-8,11,15H2,1-2H3. The number of carbonyl (C=O) groups is 1. The maximum Gasteiger partial charge on any atom is 0.160 e. The first-order valence-electron chi connectivity index (χ1n) is 11.6. The minimum atomic E-state index is -3.23. The molecule has 2 aliphatic carbocycles. The first-order valence-corrected chi connectivity index (χ1v) is 13.3. The summed E-state index contributed by atoms with van der Waals surface area (Å²) in [6.07, 6.45) is 10.7. The van der Waals surface area contributed by atoms with Crippen LogP contribution in [0.4, 0.5) is 0 Å². The molecule has 0 unspecified atom stereocenters. The van der Waals surface area contributed by atoms with E-state index in [1.807, 2.05) is 18.3 Å². The Morgan fingerprint density at radius 1 is 1.00 bits per heavy atom. The first-order chi connectivity index (χ1) is 16.2. The topological polar surface area (TPSA) is 116 Å². The van der Waals surface area contributed by atoms with E-state index in [1.165, 1.54) is 6.20 Å². The highest BCUT2D eigenvalue weighted by Crippen LogP contribution is 2.39. The molecule has 2 fully saturated rings. The van der Waals surface area contributed by atoms with Gasteiger partial charge in [-0.1, -0.05) is 0 Å². The molecular formula is C25H27N5O3S. The number of hydrogen-bond acceptors (Lipinski definition) is 8. The van der Waals surface area contributed by atoms with Crippen molar-refractivity contribution < 1.29 is 13.2 Å². The smallest absolute Gasteiger partial charge is 0.160 e. The molecule has 0 saturated heterocycles. The molecule has 0 bridgehead atoms. The van der Waals surface area contributed by atoms with Gasteiger partial charge in [0.25, 0.3) is 0 Å². The first kappa shape index (κ1) is 22.7. The normalized spacial score (nSPS) is 16.4. The fourth-order valence-corrected chi connectivity index (χ4v) is 5.44. The van der Waals surface area contributed by atoms with E-state index in [1.54, 1.807) is 32.3 Å². The maximum atomic E-state index is 13.2. The molecule has 3 aromatic heterocycles. The molecule has 0 aliphatic heterocycles. The summed E-state index contributed by atoms with van der Waals surface area (Å²) in [5.74, 6) is 0.514. The van der Waals surface area contributed by atoms with Gasteiger partial charge in [0.1, 0.15) is 17.4 Å². The molecule has 3 aromatic rings. The Hall–Kier alpha value is -3.07. The van der Waals surface area contributed by atoms with Gasteiger partial charge in [-0.05, 0) is 57.7 Å². The van der Waals surface area contributed by atoms with Crippen molar-refractivity contribution in [3.8, 4) is 11.3 Å². The van der Waals surface area contributed by atoms with E-state index in [0.717, 1.165) is 29.8 Å². The number of aromatic nitrogens is 5. The Morgan fingerprint density at radius 2 is 1.79 bits per heavy atom. The molecule has 0 N–H and O–H groups in total. The van der Waals surface area contributed by atoms with Gasteiger partial charge in [-0.3, -0.25) is 14.8 Å². The van der Waals surface area contributed by atoms with Gasteiger partial charge in [0.2, 0.25) is 0 Å². The Bertz CT molecular complexity index is 1330. The molecule has 34 heavy (non-hydrogen) atoms. The number of pyridine rings is 1. The fraction of sp³-hybridized carbons (Fsp3) is 0.440. The molecule has 5 rings (SSSR count). The Morgan fingerprint density at radius 3 is 2.47 bits per heavy atom. The number of carbonyl (C=O) groups excluding carboxylic acids is 1. The highest BCUT2D eigenvalue weighted by Gasteiger charge is 2.37. The van der Waals surface area contributed by atoms with Gasteiger partial charge in [0.15, 0.2) is 9.84 Å². The zero-order chi connectivity index (χ0) is 23.9. The molecule has 176 valence electrons. The summed E-state index contributed by atoms with van der Waals surface area (Å²) in [7, 11) is -3.23. The summed E-state index contributed by atoms with van der Waals surface area (Å²) in [5.41, 5.74) is 2.92. The molecule has 0 atom stereocenters. The van der Waals surface area contributed by atoms with Crippen LogP contribution in [0, 0.1) is 0 Å². The van der Waals surface area contributed by atoms with Crippen molar-refractivity contribution in [2.75, 3.05) is 0 Å². The van der Waals surface area contributed by atoms with E-state index < -0.39 is 15.3 Å². The quantitative estimate of drug-likeness (QED) is 0.461. The van der Waals surface area contributed by atoms with Crippen LogP contribution >= 0.6 is 0 Å². The monoisotopic (exact) mass is 477 g/mol. The molecule has 3 heterocycles. The van der Waals surface area contributed by atoms with Crippen LogP contribution < -0.4 is 0 Å². The van der Waals surface area contributed by atoms with Crippen LogP contribution in [0.5, 0.6) is 0 Å². The summed E-state index contributed by atoms with van der Waals surface area (Å²) < 4.78 is 24.6. The SMILES string of the molecule is CC(C)(C(=O)Cc1ccc(-c2cncc(C3CC3)n2)cn1)c1ccnc(CS(=O)(=O)C2CC2)n1. The Kier molecular flexibility index (Phi) is 5.75. The van der Waals surface area contributed by atoms with Crippen molar-refractivity contribution in [2.45, 2.75) is 68.3 Å². The average molecular weight is 478 g/mol. The van der Waals surface area contributed by atoms with Gasteiger partial charge in [-0.25, -0.2) is 23.4 Å². The van der Waals surface area contributed by atoms with Crippen LogP contribution in [0.25, 0.3) is 11.3 Å². The van der Waals surface area contributed by atoms with Crippen molar-refractivity contribution in [3.05, 3.63) is 65.9 Å². The molecule has 9 heteroatoms. The lowest BCUT2D eigenvalue weighted by atomic mass is 9.82. The number of sulfone groups is 1. The van der Waals surface area contributed by atoms with E-state index in [0.29, 0.717) is 30.1 Å². The van der Waals surface area contributed by atoms with E-state index in [-0.39, 0.29) is 29.0 Å². The van der Waals surface area contributed by atoms with Crippen molar-refractivity contribution in [1.29, 1.82) is 0 Å². The summed E-state index contributed by atoms with van der Waals surface area (Å²) in [5, 5.41) is -0.273. The number of rotatable bonds is 9. The van der Waals surface area contributed by atoms with Gasteiger partial charge >= 0.3 is 0 Å². The van der Waals surface area contributed by atoms with Gasteiger partial charge in [0.05, 0.1) is 33.9 Å². The van der Waals surface area contributed by atoms with Crippen LogP contribution in [-0.2, 0) is 32.2 Å². The minimum absolute atomic E-state index is 0.0574. The average Bonchev–Trinajstić information content (AvgIpc) is 3.72. The molecule has 8 nitrogen and oxygen atoms in total. The number of hydrogen-bond donors (Lipinski definition) is 0. The van der Waals surface area contributed by atoms with Crippen molar-refractivity contribution >= 4 is 15.6 Å². The molecular weight excluding hydrogens is 450 g/mol. The van der Waals surface area contributed by atoms with Gasteiger partial charge in [-0.2, -0.15) is 0 Å². The highest BCUT2D eigenvalue weighted by molar-refractivity contribution is 7.91. The number of Topliss-reactive ketones (excluding diaryl/α,β-unsaturated/α-hetero) is 1. The van der Waals surface area contributed by atoms with E-state index in [9.17, 15) is 13.2 Å². The summed E-state index contributed by atoms with van der Waals surface area (Å²) >= 11 is 0. The predicted molar refractivity (Wildman–Crippen MR) is 127 cm³/mol. The minimum Gasteiger partial charge on any atom is -0.298 e. The van der Waals surface area contributed by atoms with Crippen LogP contribution in [0.3, 0.4) is 0 Å². The van der Waals surface area contributed by atoms with Crippen molar-refractivity contribution in [1.82, 2.24) is 24.9 Å². The largest absolute Gasteiger partial charge is 0.298 e. The summed E-state index contributed by atoms with van der Waals surface area (Å²) in [4.78, 5) is 35.2. The van der Waals surface area contributed by atoms with E-state index in [2.05, 4.69) is 19.9 Å². The van der Waals surface area contributed by atoms with Gasteiger partial charge < -0.3 is 0 Å². The van der Waals surface area contributed by atoms with E-state index >= 15 is 0 Å². The van der Waals surface area contributed by atoms with E-state index in [4.69, 9.17) is 4.98 Å². The molecule has 0 spiro atoms. The zero-order valence-corrected chi connectivity index (χ0v) is 20.1. The van der Waals surface area contributed by atoms with Crippen LogP contribution in [0.2, 0.25) is 0 Å². The molecule has 2 aliphatic rings. The predicted octanol–water partition coefficient (Wildman–Crippen LogP) is 3.37. The number of ketones is 1. The molecule has 0 aromatic carbocycles. The summed E-state index contributed by atoms with van der Waals surface area (Å²) in [6.45, 7) is 3.59. The summed E-state index contributed by atoms with van der Waals surface area (Å²) in [6, 6.07) is 5.42. The van der Waals surface area contributed by atoms with Crippen LogP contribution in [0.15, 0.2) is 43.0 Å². The molecule has 0 amide bonds. The van der Waals surface area contributed by atoms with Crippen LogP contribution in [0.1, 0.15) is 68.4 Å². The lowest BCUT2D eigenvalue weighted by molar-refractivity contribution is -0.123. The Balaban J connectivity index is 1.29. The van der Waals surface area contributed by atoms with Gasteiger partial charge in [-0.15, -0.1) is 0 Å². The lowest BCUT2D eigenvalue weighted by Crippen LogP contribution is -2.32. The third-order valence-electron chi connectivity index (χ3n) is 6.52. The third kappa shape index (κ3) is 4.89. The second kappa shape index (κ2) is 8.61. The second-order valence-electron chi connectivity index (χ2n) is 9.73. The van der Waals surface area contributed by atoms with Gasteiger partial charge in [0, 0.05) is 42.2 Å².